The van der Waals surface area contributed by atoms with Gasteiger partial charge in [-0.1, -0.05) is 42.5 Å². The predicted octanol–water partition coefficient (Wildman–Crippen LogP) is 2.77. The van der Waals surface area contributed by atoms with Gasteiger partial charge in [-0.25, -0.2) is 0 Å². The maximum Gasteiger partial charge on any atom is 0.0535 e. The molecule has 2 heteroatoms. The summed E-state index contributed by atoms with van der Waals surface area (Å²) in [5.74, 6) is 0. The van der Waals surface area contributed by atoms with Crippen molar-refractivity contribution in [3.05, 3.63) is 48.0 Å². The van der Waals surface area contributed by atoms with E-state index in [1.165, 1.54) is 17.6 Å². The molecule has 0 spiro atoms. The van der Waals surface area contributed by atoms with Crippen LogP contribution in [0.5, 0.6) is 0 Å². The number of nitrogens with zero attached hydrogens (tertiary/aromatic N) is 1. The standard InChI is InChI=1S/C16H24N2/c1-14(2)12-18-11-7-10-17-16(3,13-18)15-8-5-4-6-9-15/h4-6,8-9,17H,1,7,10-13H2,2-3H3. The van der Waals surface area contributed by atoms with E-state index in [1.807, 2.05) is 0 Å². The van der Waals surface area contributed by atoms with E-state index in [1.54, 1.807) is 0 Å². The molecule has 1 atom stereocenters. The molecule has 98 valence electrons. The third kappa shape index (κ3) is 3.21. The van der Waals surface area contributed by atoms with E-state index in [2.05, 4.69) is 61.0 Å². The van der Waals surface area contributed by atoms with Crippen molar-refractivity contribution in [2.24, 2.45) is 0 Å². The van der Waals surface area contributed by atoms with E-state index < -0.39 is 0 Å². The number of hydrogen-bond acceptors (Lipinski definition) is 2. The molecule has 1 aromatic carbocycles. The zero-order valence-electron chi connectivity index (χ0n) is 11.6. The number of rotatable bonds is 3. The quantitative estimate of drug-likeness (QED) is 0.823. The fourth-order valence-corrected chi connectivity index (χ4v) is 2.77. The lowest BCUT2D eigenvalue weighted by Gasteiger charge is -2.34. The summed E-state index contributed by atoms with van der Waals surface area (Å²) in [5, 5.41) is 3.71. The Morgan fingerprint density at radius 2 is 2.11 bits per heavy atom. The molecule has 1 aromatic rings. The molecule has 18 heavy (non-hydrogen) atoms. The molecule has 0 aromatic heterocycles. The van der Waals surface area contributed by atoms with Crippen LogP contribution in [0.1, 0.15) is 25.8 Å². The van der Waals surface area contributed by atoms with Gasteiger partial charge in [-0.15, -0.1) is 0 Å². The van der Waals surface area contributed by atoms with Crippen LogP contribution in [-0.4, -0.2) is 31.1 Å². The van der Waals surface area contributed by atoms with Gasteiger partial charge in [-0.3, -0.25) is 4.90 Å². The van der Waals surface area contributed by atoms with E-state index in [-0.39, 0.29) is 5.54 Å². The number of nitrogens with one attached hydrogen (secondary N) is 1. The smallest absolute Gasteiger partial charge is 0.0535 e. The van der Waals surface area contributed by atoms with Gasteiger partial charge in [0.15, 0.2) is 0 Å². The molecular formula is C16H24N2. The van der Waals surface area contributed by atoms with Crippen LogP contribution in [0, 0.1) is 0 Å². The molecule has 2 rings (SSSR count). The van der Waals surface area contributed by atoms with Crippen molar-refractivity contribution in [2.75, 3.05) is 26.2 Å². The summed E-state index contributed by atoms with van der Waals surface area (Å²) in [6, 6.07) is 10.8. The summed E-state index contributed by atoms with van der Waals surface area (Å²) in [7, 11) is 0. The lowest BCUT2D eigenvalue weighted by Crippen LogP contribution is -2.46. The Hall–Kier alpha value is -1.12. The Kier molecular flexibility index (Phi) is 4.20. The molecule has 1 aliphatic rings. The van der Waals surface area contributed by atoms with E-state index in [9.17, 15) is 0 Å². The summed E-state index contributed by atoms with van der Waals surface area (Å²) in [4.78, 5) is 2.51. The highest BCUT2D eigenvalue weighted by Gasteiger charge is 2.30. The summed E-state index contributed by atoms with van der Waals surface area (Å²) in [5.41, 5.74) is 2.67. The molecule has 1 saturated heterocycles. The maximum atomic E-state index is 4.04. The topological polar surface area (TPSA) is 15.3 Å². The monoisotopic (exact) mass is 244 g/mol. The molecule has 1 heterocycles. The van der Waals surface area contributed by atoms with Crippen molar-refractivity contribution in [1.29, 1.82) is 0 Å². The fourth-order valence-electron chi connectivity index (χ4n) is 2.77. The zero-order valence-corrected chi connectivity index (χ0v) is 11.6. The van der Waals surface area contributed by atoms with E-state index in [0.717, 1.165) is 26.2 Å². The molecule has 0 amide bonds. The third-order valence-corrected chi connectivity index (χ3v) is 3.61. The SMILES string of the molecule is C=C(C)CN1CCCNC(C)(c2ccccc2)C1. The Labute approximate surface area is 111 Å². The molecule has 1 unspecified atom stereocenters. The minimum atomic E-state index is 0.0488. The largest absolute Gasteiger partial charge is 0.307 e. The second-order valence-corrected chi connectivity index (χ2v) is 5.65. The van der Waals surface area contributed by atoms with Gasteiger partial charge in [0.1, 0.15) is 0 Å². The predicted molar refractivity (Wildman–Crippen MR) is 77.7 cm³/mol. The average molecular weight is 244 g/mol. The molecule has 0 saturated carbocycles. The second-order valence-electron chi connectivity index (χ2n) is 5.65. The maximum absolute atomic E-state index is 4.04. The average Bonchev–Trinajstić information content (AvgIpc) is 2.52. The van der Waals surface area contributed by atoms with Crippen LogP contribution in [0.2, 0.25) is 0 Å². The number of hydrogen-bond donors (Lipinski definition) is 1. The first-order chi connectivity index (χ1) is 8.60. The van der Waals surface area contributed by atoms with Crippen molar-refractivity contribution in [3.63, 3.8) is 0 Å². The van der Waals surface area contributed by atoms with Crippen LogP contribution >= 0.6 is 0 Å². The first-order valence-corrected chi connectivity index (χ1v) is 6.77. The second kappa shape index (κ2) is 5.68. The lowest BCUT2D eigenvalue weighted by molar-refractivity contribution is 0.235. The van der Waals surface area contributed by atoms with Gasteiger partial charge in [-0.05, 0) is 38.9 Å². The highest BCUT2D eigenvalue weighted by Crippen LogP contribution is 2.24. The van der Waals surface area contributed by atoms with Crippen LogP contribution < -0.4 is 5.32 Å². The van der Waals surface area contributed by atoms with Gasteiger partial charge < -0.3 is 5.32 Å². The molecule has 1 fully saturated rings. The van der Waals surface area contributed by atoms with Crippen LogP contribution in [0.3, 0.4) is 0 Å². The van der Waals surface area contributed by atoms with Crippen LogP contribution in [0.15, 0.2) is 42.5 Å². The molecular weight excluding hydrogens is 220 g/mol. The van der Waals surface area contributed by atoms with E-state index in [0.29, 0.717) is 0 Å². The van der Waals surface area contributed by atoms with Crippen molar-refractivity contribution in [3.8, 4) is 0 Å². The zero-order chi connectivity index (χ0) is 13.0. The highest BCUT2D eigenvalue weighted by molar-refractivity contribution is 5.24. The van der Waals surface area contributed by atoms with Crippen molar-refractivity contribution in [1.82, 2.24) is 10.2 Å². The number of benzene rings is 1. The summed E-state index contributed by atoms with van der Waals surface area (Å²) in [6.45, 7) is 12.7. The Balaban J connectivity index is 2.17. The van der Waals surface area contributed by atoms with E-state index in [4.69, 9.17) is 0 Å². The molecule has 0 radical (unpaired) electrons. The van der Waals surface area contributed by atoms with Crippen molar-refractivity contribution >= 4 is 0 Å². The van der Waals surface area contributed by atoms with E-state index >= 15 is 0 Å². The van der Waals surface area contributed by atoms with Crippen LogP contribution in [0.4, 0.5) is 0 Å². The van der Waals surface area contributed by atoms with Crippen LogP contribution in [-0.2, 0) is 5.54 Å². The van der Waals surface area contributed by atoms with Crippen LogP contribution in [0.25, 0.3) is 0 Å². The Morgan fingerprint density at radius 1 is 1.39 bits per heavy atom. The molecule has 1 N–H and O–H groups in total. The Morgan fingerprint density at radius 3 is 2.78 bits per heavy atom. The normalized spacial score (nSPS) is 25.7. The Bertz CT molecular complexity index is 399. The molecule has 2 nitrogen and oxygen atoms in total. The highest BCUT2D eigenvalue weighted by atomic mass is 15.2. The fraction of sp³-hybridized carbons (Fsp3) is 0.500. The summed E-state index contributed by atoms with van der Waals surface area (Å²) in [6.07, 6.45) is 1.20. The third-order valence-electron chi connectivity index (χ3n) is 3.61. The lowest BCUT2D eigenvalue weighted by atomic mass is 9.91. The minimum absolute atomic E-state index is 0.0488. The van der Waals surface area contributed by atoms with Crippen molar-refractivity contribution in [2.45, 2.75) is 25.8 Å². The van der Waals surface area contributed by atoms with Gasteiger partial charge in [0, 0.05) is 13.1 Å². The van der Waals surface area contributed by atoms with Gasteiger partial charge in [0.05, 0.1) is 5.54 Å². The van der Waals surface area contributed by atoms with Crippen molar-refractivity contribution < 1.29 is 0 Å². The summed E-state index contributed by atoms with van der Waals surface area (Å²) >= 11 is 0. The molecule has 0 bridgehead atoms. The van der Waals surface area contributed by atoms with Gasteiger partial charge in [-0.2, -0.15) is 0 Å². The molecule has 1 aliphatic heterocycles. The van der Waals surface area contributed by atoms with Gasteiger partial charge in [0.25, 0.3) is 0 Å². The minimum Gasteiger partial charge on any atom is -0.307 e. The first kappa shape index (κ1) is 13.3. The molecule has 0 aliphatic carbocycles. The van der Waals surface area contributed by atoms with Gasteiger partial charge >= 0.3 is 0 Å². The first-order valence-electron chi connectivity index (χ1n) is 6.77. The van der Waals surface area contributed by atoms with Gasteiger partial charge in [0.2, 0.25) is 0 Å². The summed E-state index contributed by atoms with van der Waals surface area (Å²) < 4.78 is 0.